The molecule has 0 amide bonds. The van der Waals surface area contributed by atoms with Crippen molar-refractivity contribution in [2.24, 2.45) is 0 Å². The lowest BCUT2D eigenvalue weighted by Crippen LogP contribution is -2.02. The molecular formula is C22H17ClO2. The molecule has 0 fully saturated rings. The maximum absolute atomic E-state index is 12.6. The Kier molecular flexibility index (Phi) is 5.65. The molecule has 0 heterocycles. The van der Waals surface area contributed by atoms with Gasteiger partial charge >= 0.3 is 0 Å². The number of halogens is 1. The van der Waals surface area contributed by atoms with Crippen LogP contribution in [0.5, 0.6) is 5.75 Å². The van der Waals surface area contributed by atoms with E-state index in [9.17, 15) is 4.79 Å². The van der Waals surface area contributed by atoms with Crippen LogP contribution in [-0.4, -0.2) is 5.78 Å². The van der Waals surface area contributed by atoms with Gasteiger partial charge in [-0.1, -0.05) is 72.3 Å². The van der Waals surface area contributed by atoms with Crippen molar-refractivity contribution in [1.29, 1.82) is 0 Å². The van der Waals surface area contributed by atoms with Crippen LogP contribution in [-0.2, 0) is 6.61 Å². The van der Waals surface area contributed by atoms with Crippen LogP contribution in [0.25, 0.3) is 6.08 Å². The van der Waals surface area contributed by atoms with Gasteiger partial charge < -0.3 is 4.74 Å². The zero-order valence-corrected chi connectivity index (χ0v) is 14.3. The number of para-hydroxylation sites is 1. The number of ether oxygens (including phenoxy) is 1. The Labute approximate surface area is 152 Å². The lowest BCUT2D eigenvalue weighted by Gasteiger charge is -2.09. The molecule has 3 heteroatoms. The minimum Gasteiger partial charge on any atom is -0.488 e. The maximum atomic E-state index is 12.6. The quantitative estimate of drug-likeness (QED) is 0.414. The van der Waals surface area contributed by atoms with Crippen LogP contribution < -0.4 is 4.74 Å². The minimum absolute atomic E-state index is 0.122. The lowest BCUT2D eigenvalue weighted by atomic mass is 10.1. The van der Waals surface area contributed by atoms with Crippen molar-refractivity contribution in [1.82, 2.24) is 0 Å². The Balaban J connectivity index is 1.76. The van der Waals surface area contributed by atoms with Gasteiger partial charge in [0.25, 0.3) is 0 Å². The minimum atomic E-state index is -0.122. The van der Waals surface area contributed by atoms with Gasteiger partial charge in [-0.25, -0.2) is 0 Å². The summed E-state index contributed by atoms with van der Waals surface area (Å²) < 4.78 is 5.84. The van der Waals surface area contributed by atoms with E-state index in [2.05, 4.69) is 0 Å². The molecule has 0 saturated heterocycles. The molecular weight excluding hydrogens is 332 g/mol. The zero-order chi connectivity index (χ0) is 17.5. The summed E-state index contributed by atoms with van der Waals surface area (Å²) in [5.41, 5.74) is 2.39. The van der Waals surface area contributed by atoms with Crippen molar-refractivity contribution >= 4 is 23.5 Å². The Morgan fingerprint density at radius 1 is 0.880 bits per heavy atom. The predicted molar refractivity (Wildman–Crippen MR) is 102 cm³/mol. The topological polar surface area (TPSA) is 26.3 Å². The Bertz CT molecular complexity index is 885. The van der Waals surface area contributed by atoms with Gasteiger partial charge in [-0.15, -0.1) is 0 Å². The molecule has 3 rings (SSSR count). The number of carbonyl (C=O) groups excluding carboxylic acids is 1. The summed E-state index contributed by atoms with van der Waals surface area (Å²) in [5, 5.41) is 0.611. The average Bonchev–Trinajstić information content (AvgIpc) is 2.66. The fourth-order valence-electron chi connectivity index (χ4n) is 2.40. The van der Waals surface area contributed by atoms with Gasteiger partial charge in [-0.05, 0) is 41.5 Å². The van der Waals surface area contributed by atoms with E-state index in [0.29, 0.717) is 22.9 Å². The second kappa shape index (κ2) is 8.32. The lowest BCUT2D eigenvalue weighted by molar-refractivity contribution is 0.104. The molecule has 124 valence electrons. The molecule has 0 unspecified atom stereocenters. The first-order valence-corrected chi connectivity index (χ1v) is 8.34. The monoisotopic (exact) mass is 348 g/mol. The first kappa shape index (κ1) is 17.0. The SMILES string of the molecule is O=C(/C=C/c1ccccc1Cl)c1ccccc1OCc1ccccc1. The first-order chi connectivity index (χ1) is 12.2. The highest BCUT2D eigenvalue weighted by molar-refractivity contribution is 6.32. The van der Waals surface area contributed by atoms with Crippen LogP contribution in [0.4, 0.5) is 0 Å². The van der Waals surface area contributed by atoms with E-state index in [1.165, 1.54) is 6.08 Å². The van der Waals surface area contributed by atoms with Crippen molar-refractivity contribution in [3.8, 4) is 5.75 Å². The van der Waals surface area contributed by atoms with Gasteiger partial charge in [0, 0.05) is 5.02 Å². The van der Waals surface area contributed by atoms with Crippen molar-refractivity contribution in [2.75, 3.05) is 0 Å². The second-order valence-electron chi connectivity index (χ2n) is 5.49. The van der Waals surface area contributed by atoms with E-state index in [1.54, 1.807) is 24.3 Å². The van der Waals surface area contributed by atoms with Gasteiger partial charge in [0.2, 0.25) is 0 Å². The van der Waals surface area contributed by atoms with Crippen LogP contribution in [0.2, 0.25) is 5.02 Å². The van der Waals surface area contributed by atoms with E-state index in [4.69, 9.17) is 16.3 Å². The highest BCUT2D eigenvalue weighted by atomic mass is 35.5. The summed E-state index contributed by atoms with van der Waals surface area (Å²) in [4.78, 5) is 12.6. The summed E-state index contributed by atoms with van der Waals surface area (Å²) in [5.74, 6) is 0.448. The Hall–Kier alpha value is -2.84. The predicted octanol–water partition coefficient (Wildman–Crippen LogP) is 5.82. The van der Waals surface area contributed by atoms with Gasteiger partial charge in [0.05, 0.1) is 5.56 Å². The van der Waals surface area contributed by atoms with Crippen LogP contribution in [0.15, 0.2) is 84.9 Å². The third kappa shape index (κ3) is 4.59. The molecule has 0 aliphatic heterocycles. The Morgan fingerprint density at radius 2 is 1.56 bits per heavy atom. The van der Waals surface area contributed by atoms with Gasteiger partial charge in [0.15, 0.2) is 5.78 Å². The van der Waals surface area contributed by atoms with Gasteiger partial charge in [-0.2, -0.15) is 0 Å². The molecule has 3 aromatic rings. The average molecular weight is 349 g/mol. The largest absolute Gasteiger partial charge is 0.488 e. The standard InChI is InChI=1S/C22H17ClO2/c23-20-12-6-4-10-18(20)14-15-21(24)19-11-5-7-13-22(19)25-16-17-8-2-1-3-9-17/h1-15H,16H2/b15-14+. The molecule has 0 aliphatic rings. The summed E-state index contributed by atoms with van der Waals surface area (Å²) >= 11 is 6.12. The molecule has 0 N–H and O–H groups in total. The molecule has 0 bridgehead atoms. The van der Waals surface area contributed by atoms with Crippen LogP contribution in [0.1, 0.15) is 21.5 Å². The highest BCUT2D eigenvalue weighted by Gasteiger charge is 2.09. The molecule has 0 saturated carbocycles. The smallest absolute Gasteiger partial charge is 0.189 e. The summed E-state index contributed by atoms with van der Waals surface area (Å²) in [6.45, 7) is 0.416. The maximum Gasteiger partial charge on any atom is 0.189 e. The highest BCUT2D eigenvalue weighted by Crippen LogP contribution is 2.22. The van der Waals surface area contributed by atoms with Crippen molar-refractivity contribution in [2.45, 2.75) is 6.61 Å². The van der Waals surface area contributed by atoms with Crippen LogP contribution in [0.3, 0.4) is 0 Å². The number of ketones is 1. The molecule has 0 spiro atoms. The molecule has 0 aliphatic carbocycles. The van der Waals surface area contributed by atoms with Crippen LogP contribution in [0, 0.1) is 0 Å². The first-order valence-electron chi connectivity index (χ1n) is 7.97. The van der Waals surface area contributed by atoms with Crippen LogP contribution >= 0.6 is 11.6 Å². The number of hydrogen-bond donors (Lipinski definition) is 0. The van der Waals surface area contributed by atoms with Crippen molar-refractivity contribution in [3.63, 3.8) is 0 Å². The second-order valence-corrected chi connectivity index (χ2v) is 5.90. The summed E-state index contributed by atoms with van der Waals surface area (Å²) in [7, 11) is 0. The van der Waals surface area contributed by atoms with E-state index in [0.717, 1.165) is 11.1 Å². The third-order valence-electron chi connectivity index (χ3n) is 3.71. The molecule has 3 aromatic carbocycles. The number of hydrogen-bond acceptors (Lipinski definition) is 2. The molecule has 0 aromatic heterocycles. The summed E-state index contributed by atoms with van der Waals surface area (Å²) in [6, 6.07) is 24.5. The molecule has 0 radical (unpaired) electrons. The van der Waals surface area contributed by atoms with E-state index >= 15 is 0 Å². The van der Waals surface area contributed by atoms with E-state index < -0.39 is 0 Å². The fourth-order valence-corrected chi connectivity index (χ4v) is 2.60. The van der Waals surface area contributed by atoms with E-state index in [-0.39, 0.29) is 5.78 Å². The van der Waals surface area contributed by atoms with Gasteiger partial charge in [-0.3, -0.25) is 4.79 Å². The van der Waals surface area contributed by atoms with Crippen molar-refractivity contribution < 1.29 is 9.53 Å². The number of rotatable bonds is 6. The molecule has 0 atom stereocenters. The van der Waals surface area contributed by atoms with Crippen molar-refractivity contribution in [3.05, 3.63) is 107 Å². The Morgan fingerprint density at radius 3 is 2.36 bits per heavy atom. The summed E-state index contributed by atoms with van der Waals surface area (Å²) in [6.07, 6.45) is 3.24. The number of carbonyl (C=O) groups is 1. The number of benzene rings is 3. The third-order valence-corrected chi connectivity index (χ3v) is 4.05. The molecule has 2 nitrogen and oxygen atoms in total. The number of allylic oxidation sites excluding steroid dienone is 1. The fraction of sp³-hybridized carbons (Fsp3) is 0.0455. The van der Waals surface area contributed by atoms with E-state index in [1.807, 2.05) is 60.7 Å². The normalized spacial score (nSPS) is 10.8. The van der Waals surface area contributed by atoms with Gasteiger partial charge in [0.1, 0.15) is 12.4 Å². The molecule has 25 heavy (non-hydrogen) atoms. The zero-order valence-electron chi connectivity index (χ0n) is 13.6.